The van der Waals surface area contributed by atoms with Gasteiger partial charge in [-0.1, -0.05) is 0 Å². The molecule has 0 aromatic rings. The average molecular weight is 179 g/mol. The first-order chi connectivity index (χ1) is 3.41. The summed E-state index contributed by atoms with van der Waals surface area (Å²) in [6.45, 7) is 1.32. The Balaban J connectivity index is -0.0000000800. The van der Waals surface area contributed by atoms with Crippen molar-refractivity contribution in [3.8, 4) is 0 Å². The van der Waals surface area contributed by atoms with Crippen LogP contribution >= 0.6 is 0 Å². The Kier molecular flexibility index (Phi) is 17.0. The largest absolute Gasteiger partial charge is 1.00 e. The first-order valence-electron chi connectivity index (χ1n) is 1.46. The van der Waals surface area contributed by atoms with Crippen LogP contribution in [-0.2, 0) is 15.1 Å². The quantitative estimate of drug-likeness (QED) is 0.224. The van der Waals surface area contributed by atoms with E-state index in [9.17, 15) is 0 Å². The second kappa shape index (κ2) is 9.18. The zero-order valence-electron chi connectivity index (χ0n) is 5.16. The van der Waals surface area contributed by atoms with E-state index in [1.54, 1.807) is 0 Å². The Morgan fingerprint density at radius 3 is 1.56 bits per heavy atom. The molecule has 0 heterocycles. The molecule has 0 saturated heterocycles. The molecule has 0 aliphatic carbocycles. The van der Waals surface area contributed by atoms with Crippen molar-refractivity contribution < 1.29 is 69.1 Å². The molecule has 0 rings (SSSR count). The van der Waals surface area contributed by atoms with Gasteiger partial charge in [0, 0.05) is 0 Å². The smallest absolute Gasteiger partial charge is 0.542 e. The van der Waals surface area contributed by atoms with Gasteiger partial charge in [-0.2, -0.15) is 15.3 Å². The molecule has 0 radical (unpaired) electrons. The molecular formula is C2H6KNO4S. The summed E-state index contributed by atoms with van der Waals surface area (Å²) >= 11 is 0. The van der Waals surface area contributed by atoms with E-state index in [0.29, 0.717) is 0 Å². The Morgan fingerprint density at radius 1 is 1.56 bits per heavy atom. The van der Waals surface area contributed by atoms with Crippen LogP contribution in [0.15, 0.2) is 0 Å². The van der Waals surface area contributed by atoms with Gasteiger partial charge in [0.05, 0.1) is 0 Å². The Labute approximate surface area is 96.3 Å². The van der Waals surface area contributed by atoms with E-state index in [-0.39, 0.29) is 51.4 Å². The van der Waals surface area contributed by atoms with Gasteiger partial charge in [0.25, 0.3) is 0 Å². The molecule has 3 N–H and O–H groups in total. The normalized spacial score (nSPS) is 7.89. The third kappa shape index (κ3) is 342. The van der Waals surface area contributed by atoms with Gasteiger partial charge in [0.1, 0.15) is 0 Å². The molecule has 0 atom stereocenters. The molecule has 0 spiro atoms. The number of rotatable bonds is 0. The van der Waals surface area contributed by atoms with E-state index in [0.717, 1.165) is 0 Å². The summed E-state index contributed by atoms with van der Waals surface area (Å²) in [7, 11) is -4.17. The summed E-state index contributed by atoms with van der Waals surface area (Å²) in [5.74, 6) is 0. The van der Waals surface area contributed by atoms with Crippen LogP contribution in [0.5, 0.6) is 0 Å². The van der Waals surface area contributed by atoms with Crippen molar-refractivity contribution in [2.75, 3.05) is 0 Å². The fourth-order valence-electron chi connectivity index (χ4n) is 0. The standard InChI is InChI=1S/C2H3O.K.H3NO3S/c1-2-3;;1-5(2,3)4/h1H3;;(H3,1,2,3,4)/q-1;+1;. The molecule has 0 aliphatic heterocycles. The number of nitrogens with two attached hydrogens (primary N) is 1. The second-order valence-electron chi connectivity index (χ2n) is 0.719. The van der Waals surface area contributed by atoms with Crippen molar-refractivity contribution in [1.29, 1.82) is 0 Å². The maximum atomic E-state index is 8.97. The van der Waals surface area contributed by atoms with Crippen molar-refractivity contribution in [1.82, 2.24) is 0 Å². The fourth-order valence-corrected chi connectivity index (χ4v) is 0. The molecule has 0 unspecified atom stereocenters. The number of hydrogen-bond donors (Lipinski definition) is 2. The van der Waals surface area contributed by atoms with Crippen molar-refractivity contribution in [2.24, 2.45) is 5.14 Å². The van der Waals surface area contributed by atoms with E-state index in [1.807, 2.05) is 0 Å². The topological polar surface area (TPSA) is 97.5 Å². The zero-order chi connectivity index (χ0) is 7.21. The molecule has 5 nitrogen and oxygen atoms in total. The monoisotopic (exact) mass is 179 g/mol. The molecule has 0 saturated carbocycles. The van der Waals surface area contributed by atoms with Crippen molar-refractivity contribution in [2.45, 2.75) is 6.92 Å². The fraction of sp³-hybridized carbons (Fsp3) is 0.500. The first-order valence-corrected chi connectivity index (χ1v) is 2.96. The van der Waals surface area contributed by atoms with Crippen LogP contribution < -0.4 is 56.5 Å². The van der Waals surface area contributed by atoms with Crippen LogP contribution in [0.3, 0.4) is 0 Å². The number of hydrogen-bond acceptors (Lipinski definition) is 3. The van der Waals surface area contributed by atoms with Gasteiger partial charge in [0.2, 0.25) is 0 Å². The summed E-state index contributed by atoms with van der Waals surface area (Å²) in [5.41, 5.74) is 0. The SMILES string of the molecule is C[C-]=O.NS(=O)(=O)O.[K+]. The predicted molar refractivity (Wildman–Crippen MR) is 27.1 cm³/mol. The molecular weight excluding hydrogens is 173 g/mol. The molecule has 50 valence electrons. The Bertz CT molecular complexity index is 133. The van der Waals surface area contributed by atoms with Crippen LogP contribution in [-0.4, -0.2) is 19.3 Å². The van der Waals surface area contributed by atoms with Gasteiger partial charge in [-0.15, -0.1) is 0 Å². The van der Waals surface area contributed by atoms with Crippen molar-refractivity contribution in [3.63, 3.8) is 0 Å². The van der Waals surface area contributed by atoms with Gasteiger partial charge in [-0.05, 0) is 0 Å². The molecule has 0 amide bonds. The summed E-state index contributed by atoms with van der Waals surface area (Å²) in [5, 5.41) is 3.88. The maximum Gasteiger partial charge on any atom is 1.00 e. The molecule has 0 bridgehead atoms. The van der Waals surface area contributed by atoms with Crippen LogP contribution in [0.25, 0.3) is 0 Å². The van der Waals surface area contributed by atoms with E-state index in [2.05, 4.69) is 5.14 Å². The van der Waals surface area contributed by atoms with Crippen molar-refractivity contribution >= 4 is 16.6 Å². The molecule has 0 aliphatic rings. The Morgan fingerprint density at radius 2 is 1.56 bits per heavy atom. The maximum absolute atomic E-state index is 8.97. The van der Waals surface area contributed by atoms with Gasteiger partial charge in [-0.3, -0.25) is 10.8 Å². The van der Waals surface area contributed by atoms with E-state index < -0.39 is 10.3 Å². The van der Waals surface area contributed by atoms with Gasteiger partial charge >= 0.3 is 61.7 Å². The van der Waals surface area contributed by atoms with Gasteiger partial charge in [-0.25, -0.2) is 5.14 Å². The molecule has 0 fully saturated rings. The van der Waals surface area contributed by atoms with Crippen LogP contribution in [0.4, 0.5) is 0 Å². The van der Waals surface area contributed by atoms with E-state index in [4.69, 9.17) is 17.8 Å². The van der Waals surface area contributed by atoms with Gasteiger partial charge in [0.15, 0.2) is 0 Å². The third-order valence-corrected chi connectivity index (χ3v) is 0. The van der Waals surface area contributed by atoms with E-state index >= 15 is 0 Å². The van der Waals surface area contributed by atoms with Gasteiger partial charge < -0.3 is 4.79 Å². The molecule has 0 aromatic carbocycles. The van der Waals surface area contributed by atoms with Crippen LogP contribution in [0.2, 0.25) is 0 Å². The minimum Gasteiger partial charge on any atom is -0.542 e. The Hall–Kier alpha value is 1.18. The third-order valence-electron chi connectivity index (χ3n) is 0. The first kappa shape index (κ1) is 16.6. The second-order valence-corrected chi connectivity index (χ2v) is 1.75. The van der Waals surface area contributed by atoms with E-state index in [1.165, 1.54) is 13.2 Å². The zero-order valence-corrected chi connectivity index (χ0v) is 9.10. The molecule has 7 heteroatoms. The summed E-state index contributed by atoms with van der Waals surface area (Å²) < 4.78 is 25.2. The molecule has 9 heavy (non-hydrogen) atoms. The molecule has 0 aromatic heterocycles. The van der Waals surface area contributed by atoms with Crippen molar-refractivity contribution in [3.05, 3.63) is 0 Å². The van der Waals surface area contributed by atoms with Crippen LogP contribution in [0.1, 0.15) is 6.92 Å². The summed E-state index contributed by atoms with van der Waals surface area (Å²) in [4.78, 5) is 8.68. The summed E-state index contributed by atoms with van der Waals surface area (Å²) in [6, 6.07) is 0. The minimum atomic E-state index is -4.17. The predicted octanol–water partition coefficient (Wildman–Crippen LogP) is -4.13. The number of carbonyl (C=O) groups excluding carboxylic acids is 1. The average Bonchev–Trinajstić information content (AvgIpc) is 1.27. The minimum absolute atomic E-state index is 0. The van der Waals surface area contributed by atoms with Crippen LogP contribution in [0, 0.1) is 0 Å². The summed E-state index contributed by atoms with van der Waals surface area (Å²) in [6.07, 6.45) is 1.50.